The van der Waals surface area contributed by atoms with Crippen LogP contribution in [0.25, 0.3) is 11.3 Å². The maximum atomic E-state index is 9.33. The van der Waals surface area contributed by atoms with Gasteiger partial charge < -0.3 is 15.2 Å². The van der Waals surface area contributed by atoms with Gasteiger partial charge in [0.15, 0.2) is 0 Å². The van der Waals surface area contributed by atoms with Crippen LogP contribution in [0.4, 0.5) is 5.82 Å². The van der Waals surface area contributed by atoms with Crippen LogP contribution in [0.15, 0.2) is 36.4 Å². The number of hydrogen-bond acceptors (Lipinski definition) is 5. The first-order chi connectivity index (χ1) is 10.1. The molecule has 2 N–H and O–H groups in total. The second kappa shape index (κ2) is 6.73. The van der Waals surface area contributed by atoms with E-state index in [0.29, 0.717) is 17.9 Å². The molecule has 0 amide bonds. The Labute approximate surface area is 123 Å². The van der Waals surface area contributed by atoms with E-state index >= 15 is 0 Å². The number of ether oxygens (including phenoxy) is 1. The van der Waals surface area contributed by atoms with Crippen LogP contribution in [0.3, 0.4) is 0 Å². The van der Waals surface area contributed by atoms with E-state index in [1.165, 1.54) is 0 Å². The largest absolute Gasteiger partial charge is 0.497 e. The fraction of sp³-hybridized carbons (Fsp3) is 0.250. The number of anilines is 1. The lowest BCUT2D eigenvalue weighted by Crippen LogP contribution is -2.16. The van der Waals surface area contributed by atoms with Crippen LogP contribution in [0.1, 0.15) is 12.5 Å². The van der Waals surface area contributed by atoms with E-state index < -0.39 is 6.10 Å². The fourth-order valence-electron chi connectivity index (χ4n) is 1.85. The number of methoxy groups -OCH3 is 1. The minimum atomic E-state index is -0.511. The van der Waals surface area contributed by atoms with Crippen molar-refractivity contribution in [2.24, 2.45) is 0 Å². The van der Waals surface area contributed by atoms with Crippen molar-refractivity contribution in [2.75, 3.05) is 19.0 Å². The lowest BCUT2D eigenvalue weighted by molar-refractivity contribution is 0.208. The van der Waals surface area contributed by atoms with E-state index in [4.69, 9.17) is 10.00 Å². The van der Waals surface area contributed by atoms with Crippen LogP contribution in [0, 0.1) is 11.3 Å². The molecule has 0 fully saturated rings. The minimum absolute atomic E-state index is 0.341. The van der Waals surface area contributed by atoms with Crippen molar-refractivity contribution < 1.29 is 9.84 Å². The average Bonchev–Trinajstić information content (AvgIpc) is 2.52. The summed E-state index contributed by atoms with van der Waals surface area (Å²) in [5.74, 6) is 1.26. The molecule has 0 radical (unpaired) electrons. The van der Waals surface area contributed by atoms with Crippen molar-refractivity contribution in [3.8, 4) is 23.1 Å². The van der Waals surface area contributed by atoms with Gasteiger partial charge in [0, 0.05) is 12.1 Å². The first-order valence-electron chi connectivity index (χ1n) is 6.61. The van der Waals surface area contributed by atoms with Crippen LogP contribution in [0.2, 0.25) is 0 Å². The van der Waals surface area contributed by atoms with Crippen LogP contribution in [-0.2, 0) is 0 Å². The molecule has 1 atom stereocenters. The first kappa shape index (κ1) is 14.8. The maximum Gasteiger partial charge on any atom is 0.144 e. The Morgan fingerprint density at radius 2 is 2.00 bits per heavy atom. The summed E-state index contributed by atoms with van der Waals surface area (Å²) in [6.07, 6.45) is -0.511. The zero-order valence-electron chi connectivity index (χ0n) is 12.0. The van der Waals surface area contributed by atoms with Crippen LogP contribution in [0.5, 0.6) is 5.75 Å². The number of benzene rings is 1. The highest BCUT2D eigenvalue weighted by Gasteiger charge is 2.08. The molecule has 0 saturated carbocycles. The summed E-state index contributed by atoms with van der Waals surface area (Å²) in [6.45, 7) is 2.01. The van der Waals surface area contributed by atoms with Gasteiger partial charge >= 0.3 is 0 Å². The molecule has 0 spiro atoms. The van der Waals surface area contributed by atoms with Gasteiger partial charge in [-0.2, -0.15) is 5.26 Å². The lowest BCUT2D eigenvalue weighted by Gasteiger charge is -2.11. The molecule has 0 aliphatic carbocycles. The van der Waals surface area contributed by atoms with Crippen LogP contribution < -0.4 is 10.1 Å². The summed E-state index contributed by atoms with van der Waals surface area (Å²) in [6, 6.07) is 13.1. The Balaban J connectivity index is 2.31. The van der Waals surface area contributed by atoms with Crippen molar-refractivity contribution in [1.29, 1.82) is 5.26 Å². The number of nitrogens with zero attached hydrogens (tertiary/aromatic N) is 2. The summed E-state index contributed by atoms with van der Waals surface area (Å²) in [4.78, 5) is 4.46. The predicted octanol–water partition coefficient (Wildman–Crippen LogP) is 2.42. The molecule has 2 rings (SSSR count). The van der Waals surface area contributed by atoms with Gasteiger partial charge in [0.1, 0.15) is 17.6 Å². The Kier molecular flexibility index (Phi) is 4.75. The second-order valence-electron chi connectivity index (χ2n) is 4.66. The van der Waals surface area contributed by atoms with Gasteiger partial charge in [-0.25, -0.2) is 4.98 Å². The molecular formula is C16H17N3O2. The Morgan fingerprint density at radius 1 is 1.29 bits per heavy atom. The van der Waals surface area contributed by atoms with Crippen molar-refractivity contribution in [1.82, 2.24) is 4.98 Å². The van der Waals surface area contributed by atoms with Crippen molar-refractivity contribution in [3.05, 3.63) is 42.0 Å². The van der Waals surface area contributed by atoms with E-state index in [-0.39, 0.29) is 0 Å². The van der Waals surface area contributed by atoms with Crippen LogP contribution in [-0.4, -0.2) is 29.8 Å². The molecular weight excluding hydrogens is 266 g/mol. The summed E-state index contributed by atoms with van der Waals surface area (Å²) >= 11 is 0. The summed E-state index contributed by atoms with van der Waals surface area (Å²) in [5.41, 5.74) is 2.14. The van der Waals surface area contributed by atoms with Gasteiger partial charge in [-0.3, -0.25) is 0 Å². The van der Waals surface area contributed by atoms with E-state index in [9.17, 15) is 5.11 Å². The Bertz CT molecular complexity index is 646. The number of pyridine rings is 1. The molecule has 0 aliphatic rings. The molecule has 0 aliphatic heterocycles. The van der Waals surface area contributed by atoms with Crippen LogP contribution >= 0.6 is 0 Å². The van der Waals surface area contributed by atoms with Crippen molar-refractivity contribution in [3.63, 3.8) is 0 Å². The number of aliphatic hydroxyl groups is 1. The summed E-state index contributed by atoms with van der Waals surface area (Å²) in [5, 5.41) is 21.4. The van der Waals surface area contributed by atoms with E-state index in [2.05, 4.69) is 16.4 Å². The number of aliphatic hydroxyl groups excluding tert-OH is 1. The molecule has 21 heavy (non-hydrogen) atoms. The molecule has 0 bridgehead atoms. The standard InChI is InChI=1S/C16H17N3O2/c1-11(20)10-18-16-13(9-17)5-8-15(19-16)12-3-6-14(21-2)7-4-12/h3-8,11,20H,10H2,1-2H3,(H,18,19)/t11-/m1/s1. The van der Waals surface area contributed by atoms with E-state index in [0.717, 1.165) is 17.0 Å². The number of rotatable bonds is 5. The van der Waals surface area contributed by atoms with Gasteiger partial charge in [-0.05, 0) is 43.3 Å². The first-order valence-corrected chi connectivity index (χ1v) is 6.61. The second-order valence-corrected chi connectivity index (χ2v) is 4.66. The van der Waals surface area contributed by atoms with Gasteiger partial charge in [0.05, 0.1) is 24.5 Å². The molecule has 1 aromatic heterocycles. The third kappa shape index (κ3) is 3.71. The molecule has 0 unspecified atom stereocenters. The van der Waals surface area contributed by atoms with E-state index in [1.807, 2.05) is 24.3 Å². The molecule has 1 heterocycles. The van der Waals surface area contributed by atoms with Crippen molar-refractivity contribution in [2.45, 2.75) is 13.0 Å². The number of hydrogen-bond donors (Lipinski definition) is 2. The summed E-state index contributed by atoms with van der Waals surface area (Å²) < 4.78 is 5.13. The lowest BCUT2D eigenvalue weighted by atomic mass is 10.1. The van der Waals surface area contributed by atoms with Crippen molar-refractivity contribution >= 4 is 5.82 Å². The highest BCUT2D eigenvalue weighted by atomic mass is 16.5. The van der Waals surface area contributed by atoms with Gasteiger partial charge in [0.25, 0.3) is 0 Å². The van der Waals surface area contributed by atoms with Gasteiger partial charge in [-0.15, -0.1) is 0 Å². The highest BCUT2D eigenvalue weighted by Crippen LogP contribution is 2.23. The Hall–Kier alpha value is -2.58. The van der Waals surface area contributed by atoms with E-state index in [1.54, 1.807) is 26.2 Å². The fourth-order valence-corrected chi connectivity index (χ4v) is 1.85. The number of nitrogens with one attached hydrogen (secondary N) is 1. The zero-order valence-corrected chi connectivity index (χ0v) is 12.0. The number of nitriles is 1. The molecule has 2 aromatic rings. The molecule has 0 saturated heterocycles. The SMILES string of the molecule is COc1ccc(-c2ccc(C#N)c(NC[C@@H](C)O)n2)cc1. The molecule has 5 heteroatoms. The third-order valence-electron chi connectivity index (χ3n) is 2.97. The normalized spacial score (nSPS) is 11.5. The third-order valence-corrected chi connectivity index (χ3v) is 2.97. The zero-order chi connectivity index (χ0) is 15.2. The Morgan fingerprint density at radius 3 is 2.57 bits per heavy atom. The molecule has 5 nitrogen and oxygen atoms in total. The minimum Gasteiger partial charge on any atom is -0.497 e. The smallest absolute Gasteiger partial charge is 0.144 e. The monoisotopic (exact) mass is 283 g/mol. The van der Waals surface area contributed by atoms with Gasteiger partial charge in [0.2, 0.25) is 0 Å². The quantitative estimate of drug-likeness (QED) is 0.881. The maximum absolute atomic E-state index is 9.33. The average molecular weight is 283 g/mol. The summed E-state index contributed by atoms with van der Waals surface area (Å²) in [7, 11) is 1.62. The molecule has 1 aromatic carbocycles. The number of aromatic nitrogens is 1. The molecule has 108 valence electrons. The predicted molar refractivity (Wildman–Crippen MR) is 81.1 cm³/mol. The van der Waals surface area contributed by atoms with Gasteiger partial charge in [-0.1, -0.05) is 0 Å². The highest BCUT2D eigenvalue weighted by molar-refractivity contribution is 5.65. The topological polar surface area (TPSA) is 78.2 Å².